The number of nitrogens with one attached hydrogen (secondary N) is 1. The molecule has 0 amide bonds. The largest absolute Gasteiger partial charge is 0.312 e. The van der Waals surface area contributed by atoms with Crippen LogP contribution in [0, 0.1) is 5.41 Å². The maximum absolute atomic E-state index is 5.55. The van der Waals surface area contributed by atoms with Crippen molar-refractivity contribution in [3.05, 3.63) is 11.1 Å². The monoisotopic (exact) mass is 187 g/mol. The topological polar surface area (TPSA) is 12.0 Å². The van der Waals surface area contributed by atoms with E-state index in [-0.39, 0.29) is 0 Å². The highest BCUT2D eigenvalue weighted by Gasteiger charge is 2.39. The van der Waals surface area contributed by atoms with Crippen LogP contribution in [0.2, 0.25) is 0 Å². The molecule has 1 aliphatic carbocycles. The minimum Gasteiger partial charge on any atom is -0.312 e. The highest BCUT2D eigenvalue weighted by Crippen LogP contribution is 2.47. The molecule has 0 bridgehead atoms. The van der Waals surface area contributed by atoms with Crippen molar-refractivity contribution in [2.45, 2.75) is 33.1 Å². The fraction of sp³-hybridized carbons (Fsp3) is 0.800. The molecule has 1 rings (SSSR count). The van der Waals surface area contributed by atoms with Crippen molar-refractivity contribution in [2.24, 2.45) is 5.41 Å². The molecule has 12 heavy (non-hydrogen) atoms. The molecule has 0 atom stereocenters. The van der Waals surface area contributed by atoms with Gasteiger partial charge in [-0.1, -0.05) is 18.5 Å². The summed E-state index contributed by atoms with van der Waals surface area (Å²) in [5.74, 6) is 0. The Balaban J connectivity index is 2.10. The van der Waals surface area contributed by atoms with Crippen molar-refractivity contribution in [2.75, 3.05) is 13.1 Å². The smallest absolute Gasteiger partial charge is 0.0173 e. The Labute approximate surface area is 80.2 Å². The number of halogens is 1. The molecule has 0 aromatic carbocycles. The molecule has 2 heteroatoms. The second-order valence-electron chi connectivity index (χ2n) is 3.91. The Bertz CT molecular complexity index is 171. The summed E-state index contributed by atoms with van der Waals surface area (Å²) in [5, 5.41) is 3.44. The first-order chi connectivity index (χ1) is 5.72. The highest BCUT2D eigenvalue weighted by atomic mass is 35.5. The molecule has 0 saturated heterocycles. The normalized spacial score (nSPS) is 21.1. The van der Waals surface area contributed by atoms with Crippen LogP contribution in [-0.2, 0) is 0 Å². The van der Waals surface area contributed by atoms with E-state index in [2.05, 4.69) is 12.2 Å². The van der Waals surface area contributed by atoms with Crippen LogP contribution in [-0.4, -0.2) is 13.1 Å². The second-order valence-corrected chi connectivity index (χ2v) is 4.13. The summed E-state index contributed by atoms with van der Waals surface area (Å²) in [4.78, 5) is 0. The van der Waals surface area contributed by atoms with Gasteiger partial charge >= 0.3 is 0 Å². The first-order valence-corrected chi connectivity index (χ1v) is 5.13. The molecular formula is C10H18ClN. The molecule has 1 fully saturated rings. The van der Waals surface area contributed by atoms with Gasteiger partial charge in [-0.25, -0.2) is 0 Å². The van der Waals surface area contributed by atoms with E-state index in [1.54, 1.807) is 5.54 Å². The van der Waals surface area contributed by atoms with Crippen LogP contribution in [0.5, 0.6) is 0 Å². The third-order valence-corrected chi connectivity index (χ3v) is 3.17. The summed E-state index contributed by atoms with van der Waals surface area (Å²) >= 11 is 5.55. The molecule has 0 unspecified atom stereocenters. The molecule has 1 N–H and O–H groups in total. The molecule has 0 heterocycles. The maximum atomic E-state index is 5.55. The lowest BCUT2D eigenvalue weighted by Gasteiger charge is -2.12. The predicted molar refractivity (Wildman–Crippen MR) is 54.4 cm³/mol. The zero-order valence-electron chi connectivity index (χ0n) is 7.99. The number of rotatable bonds is 5. The molecule has 1 saturated carbocycles. The van der Waals surface area contributed by atoms with Crippen LogP contribution in [0.3, 0.4) is 0 Å². The molecule has 1 aliphatic rings. The zero-order chi connectivity index (χ0) is 9.03. The van der Waals surface area contributed by atoms with Crippen LogP contribution in [0.1, 0.15) is 33.1 Å². The molecular weight excluding hydrogens is 170 g/mol. The first kappa shape index (κ1) is 10.1. The average Bonchev–Trinajstić information content (AvgIpc) is 2.85. The summed E-state index contributed by atoms with van der Waals surface area (Å²) in [7, 11) is 0. The van der Waals surface area contributed by atoms with Crippen LogP contribution < -0.4 is 5.32 Å². The molecule has 0 aliphatic heterocycles. The van der Waals surface area contributed by atoms with E-state index >= 15 is 0 Å². The Hall–Kier alpha value is -0.0100. The highest BCUT2D eigenvalue weighted by molar-refractivity contribution is 6.25. The molecule has 70 valence electrons. The Kier molecular flexibility index (Phi) is 3.60. The van der Waals surface area contributed by atoms with E-state index in [1.165, 1.54) is 24.8 Å². The summed E-state index contributed by atoms with van der Waals surface area (Å²) < 4.78 is 0. The van der Waals surface area contributed by atoms with Gasteiger partial charge in [0.05, 0.1) is 0 Å². The summed E-state index contributed by atoms with van der Waals surface area (Å²) in [6.07, 6.45) is 4.11. The molecule has 0 radical (unpaired) electrons. The Morgan fingerprint density at radius 1 is 1.58 bits per heavy atom. The maximum Gasteiger partial charge on any atom is 0.0173 e. The van der Waals surface area contributed by atoms with Gasteiger partial charge in [-0.05, 0) is 37.2 Å². The minimum absolute atomic E-state index is 0.645. The van der Waals surface area contributed by atoms with E-state index < -0.39 is 0 Å². The predicted octanol–water partition coefficient (Wildman–Crippen LogP) is 2.91. The van der Waals surface area contributed by atoms with Gasteiger partial charge in [0.25, 0.3) is 0 Å². The van der Waals surface area contributed by atoms with E-state index in [0.29, 0.717) is 5.41 Å². The summed E-state index contributed by atoms with van der Waals surface area (Å²) in [5.41, 5.74) is 3.51. The standard InChI is InChI=1S/C10H18ClN/c1-3-10(4-5-10)8-12-7-9(2)6-11/h6,12H,3-5,7-8H2,1-2H3. The lowest BCUT2D eigenvalue weighted by Crippen LogP contribution is -2.24. The summed E-state index contributed by atoms with van der Waals surface area (Å²) in [6.45, 7) is 6.42. The first-order valence-electron chi connectivity index (χ1n) is 4.69. The molecule has 1 nitrogen and oxygen atoms in total. The van der Waals surface area contributed by atoms with Gasteiger partial charge < -0.3 is 5.32 Å². The fourth-order valence-electron chi connectivity index (χ4n) is 1.40. The van der Waals surface area contributed by atoms with E-state index in [9.17, 15) is 0 Å². The number of hydrogen-bond acceptors (Lipinski definition) is 1. The third kappa shape index (κ3) is 2.80. The third-order valence-electron chi connectivity index (χ3n) is 2.80. The van der Waals surface area contributed by atoms with Crippen LogP contribution in [0.25, 0.3) is 0 Å². The van der Waals surface area contributed by atoms with Crippen molar-refractivity contribution in [1.82, 2.24) is 5.32 Å². The van der Waals surface area contributed by atoms with Crippen LogP contribution in [0.15, 0.2) is 11.1 Å². The van der Waals surface area contributed by atoms with Gasteiger partial charge in [0.15, 0.2) is 0 Å². The van der Waals surface area contributed by atoms with Crippen molar-refractivity contribution in [1.29, 1.82) is 0 Å². The van der Waals surface area contributed by atoms with Crippen molar-refractivity contribution < 1.29 is 0 Å². The Morgan fingerprint density at radius 2 is 2.25 bits per heavy atom. The van der Waals surface area contributed by atoms with Crippen molar-refractivity contribution in [3.8, 4) is 0 Å². The van der Waals surface area contributed by atoms with Gasteiger partial charge in [-0.2, -0.15) is 0 Å². The van der Waals surface area contributed by atoms with Gasteiger partial charge in [-0.15, -0.1) is 0 Å². The second kappa shape index (κ2) is 4.29. The van der Waals surface area contributed by atoms with Gasteiger partial charge in [0.2, 0.25) is 0 Å². The lowest BCUT2D eigenvalue weighted by atomic mass is 10.0. The summed E-state index contributed by atoms with van der Waals surface area (Å²) in [6, 6.07) is 0. The quantitative estimate of drug-likeness (QED) is 0.698. The molecule has 0 aromatic rings. The minimum atomic E-state index is 0.645. The van der Waals surface area contributed by atoms with Crippen LogP contribution >= 0.6 is 11.6 Å². The van der Waals surface area contributed by atoms with Crippen LogP contribution in [0.4, 0.5) is 0 Å². The van der Waals surface area contributed by atoms with E-state index in [4.69, 9.17) is 11.6 Å². The van der Waals surface area contributed by atoms with Gasteiger partial charge in [-0.3, -0.25) is 0 Å². The van der Waals surface area contributed by atoms with Gasteiger partial charge in [0, 0.05) is 18.6 Å². The van der Waals surface area contributed by atoms with Crippen molar-refractivity contribution >= 4 is 11.6 Å². The number of hydrogen-bond donors (Lipinski definition) is 1. The van der Waals surface area contributed by atoms with Crippen molar-refractivity contribution in [3.63, 3.8) is 0 Å². The average molecular weight is 188 g/mol. The Morgan fingerprint density at radius 3 is 2.67 bits per heavy atom. The SMILES string of the molecule is CCC1(CNCC(C)=CCl)CC1. The lowest BCUT2D eigenvalue weighted by molar-refractivity contribution is 0.454. The van der Waals surface area contributed by atoms with Gasteiger partial charge in [0.1, 0.15) is 0 Å². The van der Waals surface area contributed by atoms with E-state index in [1.807, 2.05) is 6.92 Å². The zero-order valence-corrected chi connectivity index (χ0v) is 8.75. The molecule has 0 aromatic heterocycles. The molecule has 0 spiro atoms. The van der Waals surface area contributed by atoms with E-state index in [0.717, 1.165) is 13.1 Å². The fourth-order valence-corrected chi connectivity index (χ4v) is 1.47.